The van der Waals surface area contributed by atoms with Crippen LogP contribution in [0.15, 0.2) is 18.2 Å². The molecule has 1 atom stereocenters. The van der Waals surface area contributed by atoms with E-state index in [9.17, 15) is 4.79 Å². The van der Waals surface area contributed by atoms with Gasteiger partial charge in [0.1, 0.15) is 5.75 Å². The van der Waals surface area contributed by atoms with E-state index in [-0.39, 0.29) is 5.91 Å². The molecule has 0 heterocycles. The Kier molecular flexibility index (Phi) is 5.66. The van der Waals surface area contributed by atoms with E-state index in [4.69, 9.17) is 4.74 Å². The molecule has 0 spiro atoms. The molecular weight excluding hydrogens is 262 g/mol. The summed E-state index contributed by atoms with van der Waals surface area (Å²) in [6, 6.07) is 5.94. The topological polar surface area (TPSA) is 38.3 Å². The number of ether oxygens (including phenoxy) is 1. The van der Waals surface area contributed by atoms with Crippen molar-refractivity contribution in [2.24, 2.45) is 5.92 Å². The van der Waals surface area contributed by atoms with Gasteiger partial charge in [0.15, 0.2) is 6.10 Å². The van der Waals surface area contributed by atoms with Crippen LogP contribution in [0, 0.1) is 19.8 Å². The van der Waals surface area contributed by atoms with Gasteiger partial charge in [-0.25, -0.2) is 0 Å². The fourth-order valence-corrected chi connectivity index (χ4v) is 2.82. The van der Waals surface area contributed by atoms with E-state index in [0.717, 1.165) is 12.3 Å². The maximum Gasteiger partial charge on any atom is 0.260 e. The lowest BCUT2D eigenvalue weighted by Crippen LogP contribution is -2.39. The van der Waals surface area contributed by atoms with Gasteiger partial charge >= 0.3 is 0 Å². The molecule has 1 amide bonds. The molecule has 1 N–H and O–H groups in total. The molecule has 0 aromatic heterocycles. The Bertz CT molecular complexity index is 478. The number of hydrogen-bond acceptors (Lipinski definition) is 2. The van der Waals surface area contributed by atoms with Crippen molar-refractivity contribution in [2.45, 2.75) is 59.0 Å². The van der Waals surface area contributed by atoms with E-state index in [0.29, 0.717) is 5.92 Å². The Morgan fingerprint density at radius 2 is 1.95 bits per heavy atom. The van der Waals surface area contributed by atoms with Crippen LogP contribution >= 0.6 is 0 Å². The van der Waals surface area contributed by atoms with E-state index in [1.807, 2.05) is 25.1 Å². The maximum absolute atomic E-state index is 12.1. The summed E-state index contributed by atoms with van der Waals surface area (Å²) in [6.07, 6.45) is 5.98. The summed E-state index contributed by atoms with van der Waals surface area (Å²) in [5.74, 6) is 1.40. The normalized spacial score (nSPS) is 17.3. The molecule has 0 bridgehead atoms. The van der Waals surface area contributed by atoms with E-state index < -0.39 is 6.10 Å². The highest BCUT2D eigenvalue weighted by Gasteiger charge is 2.18. The molecule has 2 rings (SSSR count). The van der Waals surface area contributed by atoms with Gasteiger partial charge in [-0.3, -0.25) is 4.79 Å². The van der Waals surface area contributed by atoms with Crippen molar-refractivity contribution in [3.05, 3.63) is 29.3 Å². The van der Waals surface area contributed by atoms with Crippen LogP contribution in [0.1, 0.15) is 50.2 Å². The highest BCUT2D eigenvalue weighted by molar-refractivity contribution is 5.80. The van der Waals surface area contributed by atoms with E-state index in [2.05, 4.69) is 19.2 Å². The number of rotatable bonds is 5. The van der Waals surface area contributed by atoms with Crippen molar-refractivity contribution in [3.63, 3.8) is 0 Å². The zero-order chi connectivity index (χ0) is 15.2. The van der Waals surface area contributed by atoms with Crippen molar-refractivity contribution in [3.8, 4) is 5.75 Å². The monoisotopic (exact) mass is 289 g/mol. The van der Waals surface area contributed by atoms with Crippen LogP contribution in [0.5, 0.6) is 5.75 Å². The highest BCUT2D eigenvalue weighted by Crippen LogP contribution is 2.23. The zero-order valence-corrected chi connectivity index (χ0v) is 13.4. The minimum absolute atomic E-state index is 0.0150. The third-order valence-corrected chi connectivity index (χ3v) is 4.45. The van der Waals surface area contributed by atoms with Crippen LogP contribution in [0.4, 0.5) is 0 Å². The molecule has 3 heteroatoms. The number of benzene rings is 1. The van der Waals surface area contributed by atoms with Gasteiger partial charge in [0.2, 0.25) is 0 Å². The van der Waals surface area contributed by atoms with Crippen LogP contribution in [0.3, 0.4) is 0 Å². The maximum atomic E-state index is 12.1. The van der Waals surface area contributed by atoms with Crippen molar-refractivity contribution in [1.82, 2.24) is 5.32 Å². The van der Waals surface area contributed by atoms with Gasteiger partial charge in [-0.15, -0.1) is 0 Å². The molecule has 1 fully saturated rings. The minimum Gasteiger partial charge on any atom is -0.481 e. The van der Waals surface area contributed by atoms with Gasteiger partial charge in [-0.05, 0) is 62.8 Å². The van der Waals surface area contributed by atoms with Gasteiger partial charge in [-0.2, -0.15) is 0 Å². The Morgan fingerprint density at radius 1 is 1.24 bits per heavy atom. The molecule has 21 heavy (non-hydrogen) atoms. The lowest BCUT2D eigenvalue weighted by Gasteiger charge is -2.23. The summed E-state index contributed by atoms with van der Waals surface area (Å²) in [5.41, 5.74) is 2.42. The van der Waals surface area contributed by atoms with Crippen LogP contribution in [0.25, 0.3) is 0 Å². The average Bonchev–Trinajstić information content (AvgIpc) is 2.49. The van der Waals surface area contributed by atoms with E-state index >= 15 is 0 Å². The SMILES string of the molecule is Cc1ccc(O[C@@H](C)C(=O)NCC2CCCCC2)cc1C. The van der Waals surface area contributed by atoms with Crippen molar-refractivity contribution in [1.29, 1.82) is 0 Å². The summed E-state index contributed by atoms with van der Waals surface area (Å²) in [5, 5.41) is 3.03. The Hall–Kier alpha value is -1.51. The zero-order valence-electron chi connectivity index (χ0n) is 13.4. The van der Waals surface area contributed by atoms with Crippen molar-refractivity contribution in [2.75, 3.05) is 6.54 Å². The summed E-state index contributed by atoms with van der Waals surface area (Å²) in [6.45, 7) is 6.72. The van der Waals surface area contributed by atoms with E-state index in [1.54, 1.807) is 0 Å². The number of hydrogen-bond donors (Lipinski definition) is 1. The standard InChI is InChI=1S/C18H27NO2/c1-13-9-10-17(11-14(13)2)21-15(3)18(20)19-12-16-7-5-4-6-8-16/h9-11,15-16H,4-8,12H2,1-3H3,(H,19,20)/t15-/m0/s1. The summed E-state index contributed by atoms with van der Waals surface area (Å²) < 4.78 is 5.74. The molecule has 116 valence electrons. The second-order valence-electron chi connectivity index (χ2n) is 6.26. The van der Waals surface area contributed by atoms with Crippen LogP contribution < -0.4 is 10.1 Å². The number of nitrogens with one attached hydrogen (secondary N) is 1. The number of carbonyl (C=O) groups is 1. The largest absolute Gasteiger partial charge is 0.481 e. The summed E-state index contributed by atoms with van der Waals surface area (Å²) in [4.78, 5) is 12.1. The predicted octanol–water partition coefficient (Wildman–Crippen LogP) is 3.77. The first kappa shape index (κ1) is 15.9. The molecule has 0 radical (unpaired) electrons. The van der Waals surface area contributed by atoms with Gasteiger partial charge in [-0.1, -0.05) is 25.3 Å². The first-order valence-electron chi connectivity index (χ1n) is 8.08. The first-order chi connectivity index (χ1) is 10.1. The van der Waals surface area contributed by atoms with Crippen LogP contribution in [-0.2, 0) is 4.79 Å². The van der Waals surface area contributed by atoms with Crippen molar-refractivity contribution < 1.29 is 9.53 Å². The Labute approximate surface area is 128 Å². The van der Waals surface area contributed by atoms with Crippen molar-refractivity contribution >= 4 is 5.91 Å². The fraction of sp³-hybridized carbons (Fsp3) is 0.611. The molecule has 0 unspecified atom stereocenters. The number of carbonyl (C=O) groups excluding carboxylic acids is 1. The highest BCUT2D eigenvalue weighted by atomic mass is 16.5. The molecule has 1 aromatic rings. The summed E-state index contributed by atoms with van der Waals surface area (Å²) >= 11 is 0. The van der Waals surface area contributed by atoms with Gasteiger partial charge < -0.3 is 10.1 Å². The van der Waals surface area contributed by atoms with Gasteiger partial charge in [0, 0.05) is 6.54 Å². The molecule has 1 aliphatic rings. The molecular formula is C18H27NO2. The Morgan fingerprint density at radius 3 is 2.62 bits per heavy atom. The fourth-order valence-electron chi connectivity index (χ4n) is 2.82. The van der Waals surface area contributed by atoms with E-state index in [1.165, 1.54) is 43.2 Å². The van der Waals surface area contributed by atoms with Gasteiger partial charge in [0.05, 0.1) is 0 Å². The molecule has 3 nitrogen and oxygen atoms in total. The quantitative estimate of drug-likeness (QED) is 0.896. The smallest absolute Gasteiger partial charge is 0.260 e. The molecule has 1 aromatic carbocycles. The second-order valence-corrected chi connectivity index (χ2v) is 6.26. The second kappa shape index (κ2) is 7.48. The molecule has 1 saturated carbocycles. The number of amides is 1. The molecule has 1 aliphatic carbocycles. The molecule has 0 aliphatic heterocycles. The lowest BCUT2D eigenvalue weighted by atomic mass is 9.89. The van der Waals surface area contributed by atoms with Crippen LogP contribution in [-0.4, -0.2) is 18.6 Å². The summed E-state index contributed by atoms with van der Waals surface area (Å²) in [7, 11) is 0. The lowest BCUT2D eigenvalue weighted by molar-refractivity contribution is -0.127. The minimum atomic E-state index is -0.448. The van der Waals surface area contributed by atoms with Gasteiger partial charge in [0.25, 0.3) is 5.91 Å². The first-order valence-corrected chi connectivity index (χ1v) is 8.08. The Balaban J connectivity index is 1.79. The van der Waals surface area contributed by atoms with Crippen LogP contribution in [0.2, 0.25) is 0 Å². The number of aryl methyl sites for hydroxylation is 2. The third-order valence-electron chi connectivity index (χ3n) is 4.45. The average molecular weight is 289 g/mol. The molecule has 0 saturated heterocycles. The predicted molar refractivity (Wildman–Crippen MR) is 85.6 cm³/mol. The third kappa shape index (κ3) is 4.76.